The van der Waals surface area contributed by atoms with E-state index in [1.807, 2.05) is 5.32 Å². The van der Waals surface area contributed by atoms with E-state index in [-0.39, 0.29) is 16.9 Å². The Labute approximate surface area is 160 Å². The van der Waals surface area contributed by atoms with Gasteiger partial charge >= 0.3 is 12.6 Å². The lowest BCUT2D eigenvalue weighted by Gasteiger charge is -2.07. The van der Waals surface area contributed by atoms with Gasteiger partial charge in [-0.1, -0.05) is 0 Å². The van der Waals surface area contributed by atoms with E-state index in [9.17, 15) is 23.2 Å². The standard InChI is InChI=1S/C17H12F2INO5/c18-17(19)26-13-7-3-10(4-8-13)15(23)21-14(22)9-25-16(24)11-1-5-12(20)6-2-11/h1-8,17H,9H2,(H,21,22,23). The number of benzene rings is 2. The normalized spacial score (nSPS) is 10.3. The average molecular weight is 475 g/mol. The minimum Gasteiger partial charge on any atom is -0.452 e. The molecule has 6 nitrogen and oxygen atoms in total. The maximum atomic E-state index is 12.1. The molecule has 2 aromatic rings. The number of ether oxygens (including phenoxy) is 2. The summed E-state index contributed by atoms with van der Waals surface area (Å²) in [6.45, 7) is -3.61. The van der Waals surface area contributed by atoms with Gasteiger partial charge in [0.25, 0.3) is 11.8 Å². The van der Waals surface area contributed by atoms with Crippen molar-refractivity contribution in [1.29, 1.82) is 0 Å². The van der Waals surface area contributed by atoms with Crippen LogP contribution in [0.3, 0.4) is 0 Å². The summed E-state index contributed by atoms with van der Waals surface area (Å²) in [4.78, 5) is 35.4. The fourth-order valence-electron chi connectivity index (χ4n) is 1.82. The Morgan fingerprint density at radius 2 is 1.54 bits per heavy atom. The molecular weight excluding hydrogens is 463 g/mol. The Morgan fingerprint density at radius 1 is 0.962 bits per heavy atom. The molecular formula is C17H12F2INO5. The second-order valence-corrected chi connectivity index (χ2v) is 6.11. The van der Waals surface area contributed by atoms with Gasteiger partial charge in [0.15, 0.2) is 6.61 Å². The first-order valence-electron chi connectivity index (χ1n) is 7.17. The molecule has 2 rings (SSSR count). The largest absolute Gasteiger partial charge is 0.452 e. The maximum Gasteiger partial charge on any atom is 0.387 e. The van der Waals surface area contributed by atoms with E-state index in [2.05, 4.69) is 27.3 Å². The van der Waals surface area contributed by atoms with Crippen molar-refractivity contribution in [3.05, 3.63) is 63.2 Å². The van der Waals surface area contributed by atoms with Crippen molar-refractivity contribution in [2.45, 2.75) is 6.61 Å². The Bertz CT molecular complexity index is 794. The van der Waals surface area contributed by atoms with Crippen molar-refractivity contribution in [2.75, 3.05) is 6.61 Å². The number of rotatable bonds is 6. The van der Waals surface area contributed by atoms with Crippen LogP contribution in [0.2, 0.25) is 0 Å². The molecule has 2 amide bonds. The second kappa shape index (κ2) is 9.22. The van der Waals surface area contributed by atoms with E-state index in [0.29, 0.717) is 0 Å². The molecule has 0 aromatic heterocycles. The Hall–Kier alpha value is -2.56. The summed E-state index contributed by atoms with van der Waals surface area (Å²) >= 11 is 2.08. The second-order valence-electron chi connectivity index (χ2n) is 4.86. The van der Waals surface area contributed by atoms with Crippen LogP contribution in [0.25, 0.3) is 0 Å². The van der Waals surface area contributed by atoms with E-state index in [4.69, 9.17) is 4.74 Å². The van der Waals surface area contributed by atoms with Crippen LogP contribution in [0.5, 0.6) is 5.75 Å². The number of alkyl halides is 2. The summed E-state index contributed by atoms with van der Waals surface area (Å²) in [5, 5.41) is 2.03. The predicted octanol–water partition coefficient (Wildman–Crippen LogP) is 3.01. The number of amides is 2. The van der Waals surface area contributed by atoms with Crippen LogP contribution < -0.4 is 10.1 Å². The zero-order valence-electron chi connectivity index (χ0n) is 13.1. The summed E-state index contributed by atoms with van der Waals surface area (Å²) in [5.41, 5.74) is 0.336. The van der Waals surface area contributed by atoms with Gasteiger partial charge in [0.05, 0.1) is 5.56 Å². The van der Waals surface area contributed by atoms with Gasteiger partial charge in [-0.3, -0.25) is 14.9 Å². The van der Waals surface area contributed by atoms with Crippen LogP contribution in [0.15, 0.2) is 48.5 Å². The molecule has 0 atom stereocenters. The van der Waals surface area contributed by atoms with Crippen molar-refractivity contribution in [3.8, 4) is 5.75 Å². The number of carbonyl (C=O) groups is 3. The molecule has 0 radical (unpaired) electrons. The van der Waals surface area contributed by atoms with E-state index in [1.54, 1.807) is 24.3 Å². The first-order valence-corrected chi connectivity index (χ1v) is 8.25. The molecule has 0 aliphatic heterocycles. The summed E-state index contributed by atoms with van der Waals surface area (Å²) < 4.78 is 34.0. The minimum atomic E-state index is -2.97. The maximum absolute atomic E-state index is 12.1. The van der Waals surface area contributed by atoms with Gasteiger partial charge in [-0.05, 0) is 71.1 Å². The van der Waals surface area contributed by atoms with Gasteiger partial charge in [0, 0.05) is 9.13 Å². The van der Waals surface area contributed by atoms with Gasteiger partial charge in [-0.25, -0.2) is 4.79 Å². The summed E-state index contributed by atoms with van der Waals surface area (Å²) in [6.07, 6.45) is 0. The van der Waals surface area contributed by atoms with E-state index < -0.39 is 31.0 Å². The van der Waals surface area contributed by atoms with E-state index in [1.165, 1.54) is 24.3 Å². The molecule has 2 aromatic carbocycles. The van der Waals surface area contributed by atoms with Gasteiger partial charge in [-0.15, -0.1) is 0 Å². The lowest BCUT2D eigenvalue weighted by Crippen LogP contribution is -2.34. The fraction of sp³-hybridized carbons (Fsp3) is 0.118. The monoisotopic (exact) mass is 475 g/mol. The van der Waals surface area contributed by atoms with Gasteiger partial charge in [0.2, 0.25) is 0 Å². The number of carbonyl (C=O) groups excluding carboxylic acids is 3. The highest BCUT2D eigenvalue weighted by Crippen LogP contribution is 2.14. The summed E-state index contributed by atoms with van der Waals surface area (Å²) in [7, 11) is 0. The van der Waals surface area contributed by atoms with Crippen LogP contribution in [-0.2, 0) is 9.53 Å². The summed E-state index contributed by atoms with van der Waals surface area (Å²) in [5.74, 6) is -2.39. The lowest BCUT2D eigenvalue weighted by molar-refractivity contribution is -0.123. The van der Waals surface area contributed by atoms with Crippen LogP contribution in [0.4, 0.5) is 8.78 Å². The number of imide groups is 1. The third kappa shape index (κ3) is 6.06. The smallest absolute Gasteiger partial charge is 0.387 e. The highest BCUT2D eigenvalue weighted by Gasteiger charge is 2.14. The molecule has 0 spiro atoms. The number of esters is 1. The van der Waals surface area contributed by atoms with Crippen molar-refractivity contribution in [3.63, 3.8) is 0 Å². The lowest BCUT2D eigenvalue weighted by atomic mass is 10.2. The zero-order chi connectivity index (χ0) is 19.1. The molecule has 0 saturated carbocycles. The van der Waals surface area contributed by atoms with E-state index in [0.717, 1.165) is 3.57 Å². The number of halogens is 3. The highest BCUT2D eigenvalue weighted by molar-refractivity contribution is 14.1. The van der Waals surface area contributed by atoms with Crippen molar-refractivity contribution in [1.82, 2.24) is 5.32 Å². The number of hydrogen-bond donors (Lipinski definition) is 1. The molecule has 9 heteroatoms. The Balaban J connectivity index is 1.84. The van der Waals surface area contributed by atoms with E-state index >= 15 is 0 Å². The van der Waals surface area contributed by atoms with Crippen molar-refractivity contribution >= 4 is 40.4 Å². The minimum absolute atomic E-state index is 0.0592. The topological polar surface area (TPSA) is 81.7 Å². The third-order valence-electron chi connectivity index (χ3n) is 3.01. The van der Waals surface area contributed by atoms with Gasteiger partial charge in [-0.2, -0.15) is 8.78 Å². The fourth-order valence-corrected chi connectivity index (χ4v) is 2.18. The van der Waals surface area contributed by atoms with Crippen molar-refractivity contribution in [2.24, 2.45) is 0 Å². The molecule has 0 unspecified atom stereocenters. The molecule has 0 heterocycles. The Kier molecular flexibility index (Phi) is 7.01. The number of nitrogens with one attached hydrogen (secondary N) is 1. The predicted molar refractivity (Wildman–Crippen MR) is 95.0 cm³/mol. The van der Waals surface area contributed by atoms with Gasteiger partial charge in [0.1, 0.15) is 5.75 Å². The van der Waals surface area contributed by atoms with Gasteiger partial charge < -0.3 is 9.47 Å². The SMILES string of the molecule is O=C(COC(=O)c1ccc(I)cc1)NC(=O)c1ccc(OC(F)F)cc1. The third-order valence-corrected chi connectivity index (χ3v) is 3.73. The first kappa shape index (κ1) is 19.8. The average Bonchev–Trinajstić information content (AvgIpc) is 2.60. The van der Waals surface area contributed by atoms with Crippen LogP contribution >= 0.6 is 22.6 Å². The van der Waals surface area contributed by atoms with Crippen LogP contribution in [0.1, 0.15) is 20.7 Å². The molecule has 0 fully saturated rings. The quantitative estimate of drug-likeness (QED) is 0.514. The Morgan fingerprint density at radius 3 is 2.12 bits per heavy atom. The molecule has 0 aliphatic carbocycles. The molecule has 0 aliphatic rings. The first-order chi connectivity index (χ1) is 12.3. The van der Waals surface area contributed by atoms with Crippen molar-refractivity contribution < 1.29 is 32.6 Å². The molecule has 1 N–H and O–H groups in total. The summed E-state index contributed by atoms with van der Waals surface area (Å²) in [6, 6.07) is 11.3. The highest BCUT2D eigenvalue weighted by atomic mass is 127. The van der Waals surface area contributed by atoms with Crippen LogP contribution in [-0.4, -0.2) is 31.0 Å². The number of hydrogen-bond acceptors (Lipinski definition) is 5. The zero-order valence-corrected chi connectivity index (χ0v) is 15.2. The van der Waals surface area contributed by atoms with Crippen LogP contribution in [0, 0.1) is 3.57 Å². The molecule has 136 valence electrons. The molecule has 26 heavy (non-hydrogen) atoms. The molecule has 0 bridgehead atoms. The molecule has 0 saturated heterocycles.